The smallest absolute Gasteiger partial charge is 0.303 e. The second kappa shape index (κ2) is 8.91. The summed E-state index contributed by atoms with van der Waals surface area (Å²) in [4.78, 5) is 24.4. The lowest BCUT2D eigenvalue weighted by molar-refractivity contribution is -0.137. The Hall–Kier alpha value is -1.10. The van der Waals surface area contributed by atoms with Gasteiger partial charge in [0.1, 0.15) is 0 Å². The van der Waals surface area contributed by atoms with Crippen LogP contribution in [0, 0.1) is 5.92 Å². The number of hydrogen-bond donors (Lipinski definition) is 1. The van der Waals surface area contributed by atoms with E-state index in [1.165, 1.54) is 0 Å². The lowest BCUT2D eigenvalue weighted by atomic mass is 9.93. The molecule has 1 heterocycles. The van der Waals surface area contributed by atoms with Crippen LogP contribution in [0.25, 0.3) is 0 Å². The molecule has 0 saturated carbocycles. The summed E-state index contributed by atoms with van der Waals surface area (Å²) < 4.78 is 5.32. The third-order valence-electron chi connectivity index (χ3n) is 3.45. The van der Waals surface area contributed by atoms with E-state index in [-0.39, 0.29) is 12.3 Å². The fraction of sp³-hybridized carbons (Fsp3) is 0.857. The lowest BCUT2D eigenvalue weighted by Gasteiger charge is -2.32. The van der Waals surface area contributed by atoms with Crippen molar-refractivity contribution in [1.82, 2.24) is 4.90 Å². The number of ether oxygens (including phenoxy) is 1. The van der Waals surface area contributed by atoms with E-state index in [4.69, 9.17) is 9.84 Å². The van der Waals surface area contributed by atoms with Crippen LogP contribution in [-0.2, 0) is 14.3 Å². The molecule has 5 nitrogen and oxygen atoms in total. The maximum Gasteiger partial charge on any atom is 0.303 e. The third kappa shape index (κ3) is 6.57. The Bertz CT molecular complexity index is 293. The SMILES string of the molecule is CCCOCCC(=O)N1CCCC(CCC(=O)O)C1. The van der Waals surface area contributed by atoms with Crippen LogP contribution in [0.4, 0.5) is 0 Å². The number of hydrogen-bond acceptors (Lipinski definition) is 3. The van der Waals surface area contributed by atoms with Gasteiger partial charge in [0.15, 0.2) is 0 Å². The zero-order valence-electron chi connectivity index (χ0n) is 11.8. The zero-order valence-corrected chi connectivity index (χ0v) is 11.8. The third-order valence-corrected chi connectivity index (χ3v) is 3.45. The number of likely N-dealkylation sites (tertiary alicyclic amines) is 1. The quantitative estimate of drug-likeness (QED) is 0.685. The van der Waals surface area contributed by atoms with Crippen molar-refractivity contribution in [3.8, 4) is 0 Å². The Morgan fingerprint density at radius 1 is 1.32 bits per heavy atom. The Balaban J connectivity index is 2.24. The maximum absolute atomic E-state index is 12.0. The first-order chi connectivity index (χ1) is 9.13. The van der Waals surface area contributed by atoms with Crippen molar-refractivity contribution < 1.29 is 19.4 Å². The maximum atomic E-state index is 12.0. The highest BCUT2D eigenvalue weighted by molar-refractivity contribution is 5.76. The molecule has 0 aromatic heterocycles. The lowest BCUT2D eigenvalue weighted by Crippen LogP contribution is -2.40. The fourth-order valence-electron chi connectivity index (χ4n) is 2.42. The summed E-state index contributed by atoms with van der Waals surface area (Å²) in [6.07, 6.45) is 4.29. The molecular weight excluding hydrogens is 246 g/mol. The first-order valence-corrected chi connectivity index (χ1v) is 7.20. The van der Waals surface area contributed by atoms with E-state index in [1.807, 2.05) is 11.8 Å². The normalized spacial score (nSPS) is 19.4. The van der Waals surface area contributed by atoms with Gasteiger partial charge in [0.2, 0.25) is 5.91 Å². The number of carbonyl (C=O) groups excluding carboxylic acids is 1. The molecule has 19 heavy (non-hydrogen) atoms. The van der Waals surface area contributed by atoms with Gasteiger partial charge in [0.25, 0.3) is 0 Å². The van der Waals surface area contributed by atoms with Crippen LogP contribution in [0.2, 0.25) is 0 Å². The molecule has 0 aromatic carbocycles. The molecule has 110 valence electrons. The zero-order chi connectivity index (χ0) is 14.1. The Morgan fingerprint density at radius 2 is 2.11 bits per heavy atom. The van der Waals surface area contributed by atoms with E-state index in [1.54, 1.807) is 0 Å². The molecule has 0 bridgehead atoms. The molecule has 1 fully saturated rings. The van der Waals surface area contributed by atoms with Crippen LogP contribution in [0.3, 0.4) is 0 Å². The van der Waals surface area contributed by atoms with Crippen molar-refractivity contribution in [1.29, 1.82) is 0 Å². The summed E-state index contributed by atoms with van der Waals surface area (Å²) in [6, 6.07) is 0. The Labute approximate surface area is 114 Å². The average Bonchev–Trinajstić information content (AvgIpc) is 2.41. The van der Waals surface area contributed by atoms with Gasteiger partial charge in [-0.2, -0.15) is 0 Å². The summed E-state index contributed by atoms with van der Waals surface area (Å²) in [5.74, 6) is -0.280. The summed E-state index contributed by atoms with van der Waals surface area (Å²) in [7, 11) is 0. The van der Waals surface area contributed by atoms with Gasteiger partial charge in [-0.15, -0.1) is 0 Å². The number of nitrogens with zero attached hydrogens (tertiary/aromatic N) is 1. The van der Waals surface area contributed by atoms with E-state index in [9.17, 15) is 9.59 Å². The highest BCUT2D eigenvalue weighted by Crippen LogP contribution is 2.21. The highest BCUT2D eigenvalue weighted by Gasteiger charge is 2.23. The fourth-order valence-corrected chi connectivity index (χ4v) is 2.42. The largest absolute Gasteiger partial charge is 0.481 e. The molecule has 1 aliphatic heterocycles. The Kier molecular flexibility index (Phi) is 7.48. The standard InChI is InChI=1S/C14H25NO4/c1-2-9-19-10-7-13(16)15-8-3-4-12(11-15)5-6-14(17)18/h12H,2-11H2,1H3,(H,17,18). The van der Waals surface area contributed by atoms with E-state index < -0.39 is 5.97 Å². The highest BCUT2D eigenvalue weighted by atomic mass is 16.5. The topological polar surface area (TPSA) is 66.8 Å². The van der Waals surface area contributed by atoms with Gasteiger partial charge in [0.05, 0.1) is 13.0 Å². The summed E-state index contributed by atoms with van der Waals surface area (Å²) in [5, 5.41) is 8.69. The minimum absolute atomic E-state index is 0.135. The number of aliphatic carboxylic acids is 1. The number of rotatable bonds is 8. The Morgan fingerprint density at radius 3 is 2.79 bits per heavy atom. The van der Waals surface area contributed by atoms with Crippen molar-refractivity contribution in [3.05, 3.63) is 0 Å². The van der Waals surface area contributed by atoms with Gasteiger partial charge in [-0.3, -0.25) is 9.59 Å². The molecule has 1 atom stereocenters. The molecular formula is C14H25NO4. The van der Waals surface area contributed by atoms with E-state index in [0.29, 0.717) is 38.5 Å². The van der Waals surface area contributed by atoms with Crippen LogP contribution < -0.4 is 0 Å². The molecule has 0 aliphatic carbocycles. The van der Waals surface area contributed by atoms with Gasteiger partial charge in [-0.05, 0) is 31.6 Å². The molecule has 0 radical (unpaired) electrons. The van der Waals surface area contributed by atoms with Gasteiger partial charge >= 0.3 is 5.97 Å². The monoisotopic (exact) mass is 271 g/mol. The minimum atomic E-state index is -0.753. The predicted molar refractivity (Wildman–Crippen MR) is 71.9 cm³/mol. The molecule has 1 saturated heterocycles. The van der Waals surface area contributed by atoms with Crippen molar-refractivity contribution in [3.63, 3.8) is 0 Å². The van der Waals surface area contributed by atoms with Gasteiger partial charge in [-0.25, -0.2) is 0 Å². The van der Waals surface area contributed by atoms with Crippen LogP contribution in [-0.4, -0.2) is 48.2 Å². The summed E-state index contributed by atoms with van der Waals surface area (Å²) in [5.41, 5.74) is 0. The van der Waals surface area contributed by atoms with Crippen molar-refractivity contribution in [2.45, 2.75) is 45.4 Å². The summed E-state index contributed by atoms with van der Waals surface area (Å²) >= 11 is 0. The van der Waals surface area contributed by atoms with Crippen LogP contribution >= 0.6 is 0 Å². The van der Waals surface area contributed by atoms with Crippen molar-refractivity contribution in [2.24, 2.45) is 5.92 Å². The predicted octanol–water partition coefficient (Wildman–Crippen LogP) is 1.91. The second-order valence-electron chi connectivity index (χ2n) is 5.14. The molecule has 1 N–H and O–H groups in total. The van der Waals surface area contributed by atoms with E-state index in [0.717, 1.165) is 25.8 Å². The van der Waals surface area contributed by atoms with Gasteiger partial charge in [-0.1, -0.05) is 6.92 Å². The molecule has 5 heteroatoms. The molecule has 1 aliphatic rings. The molecule has 1 amide bonds. The van der Waals surface area contributed by atoms with Gasteiger partial charge < -0.3 is 14.7 Å². The minimum Gasteiger partial charge on any atom is -0.481 e. The van der Waals surface area contributed by atoms with Crippen LogP contribution in [0.15, 0.2) is 0 Å². The van der Waals surface area contributed by atoms with E-state index in [2.05, 4.69) is 0 Å². The number of amides is 1. The number of carboxylic acid groups (broad SMARTS) is 1. The molecule has 1 unspecified atom stereocenters. The van der Waals surface area contributed by atoms with Gasteiger partial charge in [0, 0.05) is 26.1 Å². The van der Waals surface area contributed by atoms with Crippen LogP contribution in [0.1, 0.15) is 45.4 Å². The van der Waals surface area contributed by atoms with Crippen molar-refractivity contribution in [2.75, 3.05) is 26.3 Å². The second-order valence-corrected chi connectivity index (χ2v) is 5.14. The van der Waals surface area contributed by atoms with E-state index >= 15 is 0 Å². The number of carbonyl (C=O) groups is 2. The molecule has 1 rings (SSSR count). The summed E-state index contributed by atoms with van der Waals surface area (Å²) in [6.45, 7) is 4.74. The number of piperidine rings is 1. The first kappa shape index (κ1) is 16.0. The molecule has 0 spiro atoms. The first-order valence-electron chi connectivity index (χ1n) is 7.20. The molecule has 0 aromatic rings. The number of carboxylic acids is 1. The van der Waals surface area contributed by atoms with Crippen LogP contribution in [0.5, 0.6) is 0 Å². The average molecular weight is 271 g/mol. The van der Waals surface area contributed by atoms with Crippen molar-refractivity contribution >= 4 is 11.9 Å².